The Kier molecular flexibility index (Phi) is 6.35. The van der Waals surface area contributed by atoms with Crippen molar-refractivity contribution >= 4 is 34.1 Å². The number of thioether (sulfide) groups is 1. The first-order valence-electron chi connectivity index (χ1n) is 7.71. The molecule has 0 unspecified atom stereocenters. The second-order valence-corrected chi connectivity index (χ2v) is 7.31. The predicted octanol–water partition coefficient (Wildman–Crippen LogP) is 3.54. The van der Waals surface area contributed by atoms with Crippen LogP contribution in [0, 0.1) is 0 Å². The van der Waals surface area contributed by atoms with Gasteiger partial charge in [0.05, 0.1) is 18.9 Å². The maximum atomic E-state index is 12.3. The summed E-state index contributed by atoms with van der Waals surface area (Å²) in [5.74, 6) is -2.78. The van der Waals surface area contributed by atoms with E-state index in [1.54, 1.807) is 0 Å². The lowest BCUT2D eigenvalue weighted by atomic mass is 10.2. The van der Waals surface area contributed by atoms with E-state index in [1.165, 1.54) is 35.6 Å². The van der Waals surface area contributed by atoms with Gasteiger partial charge in [0, 0.05) is 35.5 Å². The first-order chi connectivity index (χ1) is 12.1. The van der Waals surface area contributed by atoms with Gasteiger partial charge in [0.25, 0.3) is 11.7 Å². The van der Waals surface area contributed by atoms with Crippen LogP contribution in [0.2, 0.25) is 0 Å². The standard InChI is InChI=1S/C16H17F2N3O2S2/c17-15(18)25-13-3-1-11(2-4-13)14(22)20-16-19-12(10-24-16)9-21-5-7-23-8-6-21/h1-4,10,15H,5-9H2,(H,19,20,22). The minimum absolute atomic E-state index is 0.305. The summed E-state index contributed by atoms with van der Waals surface area (Å²) in [7, 11) is 0. The Balaban J connectivity index is 1.55. The van der Waals surface area contributed by atoms with Crippen molar-refractivity contribution in [3.05, 3.63) is 40.9 Å². The number of hydrogen-bond acceptors (Lipinski definition) is 6. The second-order valence-electron chi connectivity index (χ2n) is 5.39. The van der Waals surface area contributed by atoms with Crippen molar-refractivity contribution in [2.75, 3.05) is 31.6 Å². The van der Waals surface area contributed by atoms with Crippen LogP contribution >= 0.6 is 23.1 Å². The number of rotatable bonds is 6. The van der Waals surface area contributed by atoms with Crippen molar-refractivity contribution in [3.63, 3.8) is 0 Å². The third-order valence-corrected chi connectivity index (χ3v) is 5.13. The van der Waals surface area contributed by atoms with Gasteiger partial charge in [-0.25, -0.2) is 4.98 Å². The maximum absolute atomic E-state index is 12.3. The van der Waals surface area contributed by atoms with Crippen molar-refractivity contribution in [1.29, 1.82) is 0 Å². The summed E-state index contributed by atoms with van der Waals surface area (Å²) < 4.78 is 29.9. The summed E-state index contributed by atoms with van der Waals surface area (Å²) in [4.78, 5) is 19.3. The molecule has 1 amide bonds. The quantitative estimate of drug-likeness (QED) is 0.771. The van der Waals surface area contributed by atoms with E-state index in [2.05, 4.69) is 15.2 Å². The first-order valence-corrected chi connectivity index (χ1v) is 9.47. The van der Waals surface area contributed by atoms with Gasteiger partial charge in [0.2, 0.25) is 0 Å². The largest absolute Gasteiger partial charge is 0.379 e. The summed E-state index contributed by atoms with van der Waals surface area (Å²) >= 11 is 1.82. The number of halogens is 2. The number of nitrogens with one attached hydrogen (secondary N) is 1. The number of aromatic nitrogens is 1. The maximum Gasteiger partial charge on any atom is 0.288 e. The lowest BCUT2D eigenvalue weighted by Crippen LogP contribution is -2.35. The third kappa shape index (κ3) is 5.46. The lowest BCUT2D eigenvalue weighted by Gasteiger charge is -2.25. The van der Waals surface area contributed by atoms with Crippen LogP contribution < -0.4 is 5.32 Å². The molecule has 1 fully saturated rings. The number of carbonyl (C=O) groups excluding carboxylic acids is 1. The summed E-state index contributed by atoms with van der Waals surface area (Å²) in [5, 5.41) is 5.20. The van der Waals surface area contributed by atoms with E-state index < -0.39 is 5.76 Å². The average Bonchev–Trinajstić information content (AvgIpc) is 3.02. The molecule has 0 saturated carbocycles. The number of ether oxygens (including phenoxy) is 1. The molecule has 134 valence electrons. The van der Waals surface area contributed by atoms with Crippen molar-refractivity contribution in [2.24, 2.45) is 0 Å². The SMILES string of the molecule is O=C(Nc1nc(CN2CCOCC2)cs1)c1ccc(SC(F)F)cc1. The molecule has 25 heavy (non-hydrogen) atoms. The molecular formula is C16H17F2N3O2S2. The molecule has 9 heteroatoms. The van der Waals surface area contributed by atoms with Gasteiger partial charge >= 0.3 is 0 Å². The fourth-order valence-corrected chi connectivity index (χ4v) is 3.58. The van der Waals surface area contributed by atoms with E-state index >= 15 is 0 Å². The molecule has 5 nitrogen and oxygen atoms in total. The highest BCUT2D eigenvalue weighted by atomic mass is 32.2. The van der Waals surface area contributed by atoms with Crippen molar-refractivity contribution in [2.45, 2.75) is 17.2 Å². The van der Waals surface area contributed by atoms with E-state index in [0.29, 0.717) is 27.4 Å². The van der Waals surface area contributed by atoms with Gasteiger partial charge in [-0.15, -0.1) is 11.3 Å². The van der Waals surface area contributed by atoms with Crippen molar-refractivity contribution < 1.29 is 18.3 Å². The second kappa shape index (κ2) is 8.70. The van der Waals surface area contributed by atoms with Crippen LogP contribution in [0.4, 0.5) is 13.9 Å². The fourth-order valence-electron chi connectivity index (χ4n) is 2.38. The number of benzene rings is 1. The Morgan fingerprint density at radius 3 is 2.72 bits per heavy atom. The van der Waals surface area contributed by atoms with Crippen molar-refractivity contribution in [3.8, 4) is 0 Å². The highest BCUT2D eigenvalue weighted by molar-refractivity contribution is 7.99. The summed E-state index contributed by atoms with van der Waals surface area (Å²) in [6, 6.07) is 6.08. The van der Waals surface area contributed by atoms with E-state index in [1.807, 2.05) is 5.38 Å². The molecule has 0 spiro atoms. The molecule has 0 bridgehead atoms. The number of carbonyl (C=O) groups is 1. The molecule has 1 aliphatic heterocycles. The highest BCUT2D eigenvalue weighted by Crippen LogP contribution is 2.25. The number of anilines is 1. The summed E-state index contributed by atoms with van der Waals surface area (Å²) in [6.07, 6.45) is 0. The molecule has 1 N–H and O–H groups in total. The van der Waals surface area contributed by atoms with Crippen LogP contribution in [-0.4, -0.2) is 47.9 Å². The van der Waals surface area contributed by atoms with Gasteiger partial charge < -0.3 is 4.74 Å². The molecule has 0 radical (unpaired) electrons. The zero-order chi connectivity index (χ0) is 17.6. The number of alkyl halides is 2. The van der Waals surface area contributed by atoms with Gasteiger partial charge in [-0.05, 0) is 24.3 Å². The van der Waals surface area contributed by atoms with E-state index in [0.717, 1.165) is 38.5 Å². The fraction of sp³-hybridized carbons (Fsp3) is 0.375. The molecule has 2 aromatic rings. The molecule has 0 aliphatic carbocycles. The van der Waals surface area contributed by atoms with E-state index in [9.17, 15) is 13.6 Å². The number of thiazole rings is 1. The monoisotopic (exact) mass is 385 g/mol. The minimum atomic E-state index is -2.47. The number of hydrogen-bond donors (Lipinski definition) is 1. The van der Waals surface area contributed by atoms with E-state index in [-0.39, 0.29) is 5.91 Å². The Morgan fingerprint density at radius 2 is 2.04 bits per heavy atom. The number of morpholine rings is 1. The van der Waals surface area contributed by atoms with Crippen LogP contribution in [0.1, 0.15) is 16.1 Å². The first kappa shape index (κ1) is 18.2. The Bertz CT molecular complexity index is 704. The molecule has 1 aliphatic rings. The van der Waals surface area contributed by atoms with Crippen LogP contribution in [-0.2, 0) is 11.3 Å². The normalized spacial score (nSPS) is 15.5. The lowest BCUT2D eigenvalue weighted by molar-refractivity contribution is 0.0337. The van der Waals surface area contributed by atoms with Crippen LogP contribution in [0.15, 0.2) is 34.5 Å². The highest BCUT2D eigenvalue weighted by Gasteiger charge is 2.14. The van der Waals surface area contributed by atoms with Gasteiger partial charge in [-0.2, -0.15) is 8.78 Å². The molecule has 2 heterocycles. The topological polar surface area (TPSA) is 54.5 Å². The average molecular weight is 385 g/mol. The number of nitrogens with zero attached hydrogens (tertiary/aromatic N) is 2. The molecule has 1 saturated heterocycles. The minimum Gasteiger partial charge on any atom is -0.379 e. The smallest absolute Gasteiger partial charge is 0.288 e. The van der Waals surface area contributed by atoms with Gasteiger partial charge in [0.15, 0.2) is 5.13 Å². The summed E-state index contributed by atoms with van der Waals surface area (Å²) in [5.41, 5.74) is 1.31. The Labute approximate surface area is 152 Å². The van der Waals surface area contributed by atoms with Crippen LogP contribution in [0.3, 0.4) is 0 Å². The number of amides is 1. The molecule has 3 rings (SSSR count). The van der Waals surface area contributed by atoms with Gasteiger partial charge in [-0.1, -0.05) is 11.8 Å². The summed E-state index contributed by atoms with van der Waals surface area (Å²) in [6.45, 7) is 3.95. The van der Waals surface area contributed by atoms with Crippen LogP contribution in [0.5, 0.6) is 0 Å². The zero-order valence-electron chi connectivity index (χ0n) is 13.3. The molecule has 0 atom stereocenters. The van der Waals surface area contributed by atoms with E-state index in [4.69, 9.17) is 4.74 Å². The molecule has 1 aromatic heterocycles. The molecular weight excluding hydrogens is 368 g/mol. The predicted molar refractivity (Wildman–Crippen MR) is 94.5 cm³/mol. The van der Waals surface area contributed by atoms with Crippen LogP contribution in [0.25, 0.3) is 0 Å². The van der Waals surface area contributed by atoms with Gasteiger partial charge in [0.1, 0.15) is 0 Å². The molecule has 1 aromatic carbocycles. The Hall–Kier alpha value is -1.55. The third-order valence-electron chi connectivity index (χ3n) is 3.60. The van der Waals surface area contributed by atoms with Crippen molar-refractivity contribution in [1.82, 2.24) is 9.88 Å². The zero-order valence-corrected chi connectivity index (χ0v) is 14.9. The Morgan fingerprint density at radius 1 is 1.32 bits per heavy atom. The van der Waals surface area contributed by atoms with Gasteiger partial charge in [-0.3, -0.25) is 15.0 Å².